The molecular weight excluding hydrogens is 238 g/mol. The Bertz CT molecular complexity index is 426. The fraction of sp³-hybridized carbons (Fsp3) is 0.500. The SMILES string of the molecule is CC(C)CC(=O)C(C)C(=O)N(C)Cc1ccccc1. The maximum Gasteiger partial charge on any atom is 0.232 e. The lowest BCUT2D eigenvalue weighted by Crippen LogP contribution is -2.35. The first-order valence-corrected chi connectivity index (χ1v) is 6.73. The molecule has 1 unspecified atom stereocenters. The van der Waals surface area contributed by atoms with Crippen LogP contribution in [0, 0.1) is 11.8 Å². The molecule has 1 aromatic carbocycles. The molecule has 104 valence electrons. The van der Waals surface area contributed by atoms with Gasteiger partial charge in [-0.05, 0) is 18.4 Å². The van der Waals surface area contributed by atoms with Crippen LogP contribution < -0.4 is 0 Å². The van der Waals surface area contributed by atoms with Gasteiger partial charge in [-0.1, -0.05) is 44.2 Å². The molecule has 0 aliphatic rings. The van der Waals surface area contributed by atoms with Crippen molar-refractivity contribution in [1.82, 2.24) is 4.90 Å². The Kier molecular flexibility index (Phi) is 5.74. The van der Waals surface area contributed by atoms with Crippen molar-refractivity contribution in [3.63, 3.8) is 0 Å². The lowest BCUT2D eigenvalue weighted by molar-refractivity contribution is -0.140. The normalized spacial score (nSPS) is 12.3. The summed E-state index contributed by atoms with van der Waals surface area (Å²) in [6.45, 7) is 6.22. The van der Waals surface area contributed by atoms with Crippen molar-refractivity contribution in [2.45, 2.75) is 33.7 Å². The Morgan fingerprint density at radius 2 is 1.68 bits per heavy atom. The van der Waals surface area contributed by atoms with E-state index in [2.05, 4.69) is 0 Å². The van der Waals surface area contributed by atoms with E-state index < -0.39 is 5.92 Å². The predicted molar refractivity (Wildman–Crippen MR) is 76.5 cm³/mol. The summed E-state index contributed by atoms with van der Waals surface area (Å²) in [5.41, 5.74) is 1.07. The van der Waals surface area contributed by atoms with E-state index in [1.807, 2.05) is 44.2 Å². The number of carbonyl (C=O) groups is 2. The second kappa shape index (κ2) is 7.07. The van der Waals surface area contributed by atoms with Crippen LogP contribution in [0.2, 0.25) is 0 Å². The van der Waals surface area contributed by atoms with Crippen molar-refractivity contribution in [3.05, 3.63) is 35.9 Å². The summed E-state index contributed by atoms with van der Waals surface area (Å²) >= 11 is 0. The summed E-state index contributed by atoms with van der Waals surface area (Å²) in [7, 11) is 1.74. The van der Waals surface area contributed by atoms with Crippen LogP contribution >= 0.6 is 0 Å². The van der Waals surface area contributed by atoms with Crippen LogP contribution in [0.3, 0.4) is 0 Å². The minimum atomic E-state index is -0.545. The summed E-state index contributed by atoms with van der Waals surface area (Å²) in [5, 5.41) is 0. The van der Waals surface area contributed by atoms with Gasteiger partial charge in [0.25, 0.3) is 0 Å². The number of rotatable bonds is 6. The fourth-order valence-electron chi connectivity index (χ4n) is 1.98. The van der Waals surface area contributed by atoms with Crippen molar-refractivity contribution < 1.29 is 9.59 Å². The highest BCUT2D eigenvalue weighted by Crippen LogP contribution is 2.12. The third kappa shape index (κ3) is 4.86. The Balaban J connectivity index is 2.59. The number of amides is 1. The number of Topliss-reactive ketones (excluding diaryl/α,β-unsaturated/α-hetero) is 1. The van der Waals surface area contributed by atoms with E-state index >= 15 is 0 Å². The van der Waals surface area contributed by atoms with Gasteiger partial charge in [0.05, 0.1) is 5.92 Å². The molecule has 0 saturated carbocycles. The Morgan fingerprint density at radius 1 is 1.11 bits per heavy atom. The summed E-state index contributed by atoms with van der Waals surface area (Å²) in [5.74, 6) is -0.326. The smallest absolute Gasteiger partial charge is 0.232 e. The van der Waals surface area contributed by atoms with E-state index in [-0.39, 0.29) is 11.7 Å². The number of nitrogens with zero attached hydrogens (tertiary/aromatic N) is 1. The van der Waals surface area contributed by atoms with Crippen LogP contribution in [0.25, 0.3) is 0 Å². The largest absolute Gasteiger partial charge is 0.341 e. The van der Waals surface area contributed by atoms with Gasteiger partial charge in [0.1, 0.15) is 5.78 Å². The quantitative estimate of drug-likeness (QED) is 0.738. The highest BCUT2D eigenvalue weighted by molar-refractivity contribution is 6.00. The minimum absolute atomic E-state index is 0.0277. The van der Waals surface area contributed by atoms with Gasteiger partial charge >= 0.3 is 0 Å². The lowest BCUT2D eigenvalue weighted by atomic mass is 9.96. The van der Waals surface area contributed by atoms with Crippen molar-refractivity contribution in [3.8, 4) is 0 Å². The summed E-state index contributed by atoms with van der Waals surface area (Å²) in [6.07, 6.45) is 0.464. The van der Waals surface area contributed by atoms with Gasteiger partial charge in [0, 0.05) is 20.0 Å². The molecule has 19 heavy (non-hydrogen) atoms. The number of carbonyl (C=O) groups excluding carboxylic acids is 2. The molecule has 0 aliphatic heterocycles. The van der Waals surface area contributed by atoms with Gasteiger partial charge in [-0.25, -0.2) is 0 Å². The van der Waals surface area contributed by atoms with Crippen LogP contribution in [-0.4, -0.2) is 23.6 Å². The molecule has 1 aromatic rings. The molecule has 0 saturated heterocycles. The molecule has 3 heteroatoms. The maximum atomic E-state index is 12.2. The second-order valence-electron chi connectivity index (χ2n) is 5.47. The molecule has 0 heterocycles. The van der Waals surface area contributed by atoms with Crippen molar-refractivity contribution in [2.24, 2.45) is 11.8 Å². The highest BCUT2D eigenvalue weighted by Gasteiger charge is 2.24. The highest BCUT2D eigenvalue weighted by atomic mass is 16.2. The average molecular weight is 261 g/mol. The average Bonchev–Trinajstić information content (AvgIpc) is 2.37. The first-order chi connectivity index (χ1) is 8.91. The summed E-state index contributed by atoms with van der Waals surface area (Å²) in [4.78, 5) is 25.7. The van der Waals surface area contributed by atoms with Gasteiger partial charge in [-0.15, -0.1) is 0 Å². The van der Waals surface area contributed by atoms with E-state index in [1.165, 1.54) is 0 Å². The second-order valence-corrected chi connectivity index (χ2v) is 5.47. The number of hydrogen-bond acceptors (Lipinski definition) is 2. The summed E-state index contributed by atoms with van der Waals surface area (Å²) < 4.78 is 0. The van der Waals surface area contributed by atoms with Gasteiger partial charge in [0.15, 0.2) is 0 Å². The molecule has 0 fully saturated rings. The Labute approximate surface area is 115 Å². The van der Waals surface area contributed by atoms with Crippen molar-refractivity contribution >= 4 is 11.7 Å². The molecule has 1 amide bonds. The van der Waals surface area contributed by atoms with Gasteiger partial charge in [-0.2, -0.15) is 0 Å². The van der Waals surface area contributed by atoms with E-state index in [0.29, 0.717) is 18.9 Å². The van der Waals surface area contributed by atoms with Crippen molar-refractivity contribution in [1.29, 1.82) is 0 Å². The maximum absolute atomic E-state index is 12.2. The molecule has 0 aliphatic carbocycles. The molecule has 1 rings (SSSR count). The van der Waals surface area contributed by atoms with Crippen LogP contribution in [0.4, 0.5) is 0 Å². The van der Waals surface area contributed by atoms with Crippen LogP contribution in [-0.2, 0) is 16.1 Å². The van der Waals surface area contributed by atoms with E-state index in [4.69, 9.17) is 0 Å². The van der Waals surface area contributed by atoms with E-state index in [0.717, 1.165) is 5.56 Å². The monoisotopic (exact) mass is 261 g/mol. The zero-order chi connectivity index (χ0) is 14.4. The lowest BCUT2D eigenvalue weighted by Gasteiger charge is -2.21. The minimum Gasteiger partial charge on any atom is -0.341 e. The number of ketones is 1. The third-order valence-electron chi connectivity index (χ3n) is 3.10. The third-order valence-corrected chi connectivity index (χ3v) is 3.10. The van der Waals surface area contributed by atoms with Gasteiger partial charge in [-0.3, -0.25) is 9.59 Å². The van der Waals surface area contributed by atoms with E-state index in [9.17, 15) is 9.59 Å². The molecule has 0 spiro atoms. The molecule has 0 aromatic heterocycles. The molecule has 0 radical (unpaired) electrons. The molecule has 3 nitrogen and oxygen atoms in total. The molecule has 0 bridgehead atoms. The number of hydrogen-bond donors (Lipinski definition) is 0. The first-order valence-electron chi connectivity index (χ1n) is 6.73. The molecule has 0 N–H and O–H groups in total. The topological polar surface area (TPSA) is 37.4 Å². The number of benzene rings is 1. The van der Waals surface area contributed by atoms with Gasteiger partial charge < -0.3 is 4.90 Å². The first kappa shape index (κ1) is 15.4. The van der Waals surface area contributed by atoms with Crippen LogP contribution in [0.1, 0.15) is 32.8 Å². The molecule has 1 atom stereocenters. The summed E-state index contributed by atoms with van der Waals surface area (Å²) in [6, 6.07) is 9.79. The Hall–Kier alpha value is -1.64. The predicted octanol–water partition coefficient (Wildman–Crippen LogP) is 2.90. The van der Waals surface area contributed by atoms with Crippen molar-refractivity contribution in [2.75, 3.05) is 7.05 Å². The van der Waals surface area contributed by atoms with Crippen LogP contribution in [0.5, 0.6) is 0 Å². The molecular formula is C16H23NO2. The Morgan fingerprint density at radius 3 is 2.21 bits per heavy atom. The standard InChI is InChI=1S/C16H23NO2/c1-12(2)10-15(18)13(3)16(19)17(4)11-14-8-6-5-7-9-14/h5-9,12-13H,10-11H2,1-4H3. The van der Waals surface area contributed by atoms with E-state index in [1.54, 1.807) is 18.9 Å². The zero-order valence-electron chi connectivity index (χ0n) is 12.2. The van der Waals surface area contributed by atoms with Gasteiger partial charge in [0.2, 0.25) is 5.91 Å². The fourth-order valence-corrected chi connectivity index (χ4v) is 1.98. The zero-order valence-corrected chi connectivity index (χ0v) is 12.2. The van der Waals surface area contributed by atoms with Crippen LogP contribution in [0.15, 0.2) is 30.3 Å².